The van der Waals surface area contributed by atoms with E-state index in [9.17, 15) is 13.9 Å². The molecular weight excluding hydrogens is 164 g/mol. The van der Waals surface area contributed by atoms with Gasteiger partial charge in [-0.2, -0.15) is 0 Å². The van der Waals surface area contributed by atoms with Crippen LogP contribution in [-0.4, -0.2) is 40.7 Å². The molecule has 1 aliphatic heterocycles. The van der Waals surface area contributed by atoms with Crippen LogP contribution in [0.4, 0.5) is 8.78 Å². The Labute approximate surface area is 71.2 Å². The molecular formula is C8H15F2NO. The Bertz CT molecular complexity index is 164. The maximum atomic E-state index is 13.0. The summed E-state index contributed by atoms with van der Waals surface area (Å²) in [6, 6.07) is 0.0600. The fourth-order valence-corrected chi connectivity index (χ4v) is 1.36. The van der Waals surface area contributed by atoms with E-state index in [1.54, 1.807) is 4.90 Å². The van der Waals surface area contributed by atoms with Gasteiger partial charge in [0.1, 0.15) is 5.60 Å². The van der Waals surface area contributed by atoms with E-state index in [4.69, 9.17) is 0 Å². The van der Waals surface area contributed by atoms with E-state index in [0.29, 0.717) is 0 Å². The van der Waals surface area contributed by atoms with Crippen LogP contribution >= 0.6 is 0 Å². The van der Waals surface area contributed by atoms with Crippen molar-refractivity contribution in [3.63, 3.8) is 0 Å². The first kappa shape index (κ1) is 9.86. The first-order chi connectivity index (χ1) is 5.26. The molecule has 0 aromatic carbocycles. The van der Waals surface area contributed by atoms with Crippen molar-refractivity contribution in [2.45, 2.75) is 38.3 Å². The number of aliphatic hydroxyl groups is 1. The van der Waals surface area contributed by atoms with Crippen LogP contribution in [-0.2, 0) is 0 Å². The van der Waals surface area contributed by atoms with Crippen LogP contribution in [0.25, 0.3) is 0 Å². The molecule has 0 aromatic rings. The summed E-state index contributed by atoms with van der Waals surface area (Å²) in [6.07, 6.45) is 0. The lowest BCUT2D eigenvalue weighted by Gasteiger charge is -2.23. The Balaban J connectivity index is 2.74. The Kier molecular flexibility index (Phi) is 2.17. The molecule has 1 atom stereocenters. The highest BCUT2D eigenvalue weighted by Gasteiger charge is 2.56. The van der Waals surface area contributed by atoms with Crippen LogP contribution < -0.4 is 0 Å². The predicted molar refractivity (Wildman–Crippen MR) is 42.3 cm³/mol. The quantitative estimate of drug-likeness (QED) is 0.651. The number of hydrogen-bond donors (Lipinski definition) is 1. The number of β-amino-alcohol motifs (C(OH)–C–C–N with tert-alkyl or cyclic N) is 1. The van der Waals surface area contributed by atoms with Crippen LogP contribution in [0, 0.1) is 0 Å². The van der Waals surface area contributed by atoms with Crippen molar-refractivity contribution in [2.24, 2.45) is 0 Å². The molecule has 4 heteroatoms. The molecule has 12 heavy (non-hydrogen) atoms. The van der Waals surface area contributed by atoms with E-state index in [-0.39, 0.29) is 19.1 Å². The minimum atomic E-state index is -2.97. The second-order valence-electron chi connectivity index (χ2n) is 3.98. The maximum absolute atomic E-state index is 13.0. The molecule has 1 fully saturated rings. The molecule has 2 nitrogen and oxygen atoms in total. The first-order valence-electron chi connectivity index (χ1n) is 4.10. The molecule has 1 N–H and O–H groups in total. The Morgan fingerprint density at radius 3 is 2.00 bits per heavy atom. The monoisotopic (exact) mass is 179 g/mol. The molecule has 72 valence electrons. The third-order valence-corrected chi connectivity index (χ3v) is 2.43. The van der Waals surface area contributed by atoms with Gasteiger partial charge in [-0.25, -0.2) is 8.78 Å². The van der Waals surface area contributed by atoms with Gasteiger partial charge in [0, 0.05) is 12.6 Å². The minimum absolute atomic E-state index is 0.0532. The maximum Gasteiger partial charge on any atom is 0.289 e. The molecule has 0 bridgehead atoms. The molecule has 1 unspecified atom stereocenters. The zero-order valence-electron chi connectivity index (χ0n) is 7.64. The molecule has 1 rings (SSSR count). The number of hydrogen-bond acceptors (Lipinski definition) is 2. The second kappa shape index (κ2) is 2.64. The lowest BCUT2D eigenvalue weighted by atomic mass is 10.0. The Morgan fingerprint density at radius 1 is 1.33 bits per heavy atom. The topological polar surface area (TPSA) is 23.5 Å². The van der Waals surface area contributed by atoms with Crippen molar-refractivity contribution in [2.75, 3.05) is 13.1 Å². The lowest BCUT2D eigenvalue weighted by molar-refractivity contribution is -0.134. The van der Waals surface area contributed by atoms with Crippen molar-refractivity contribution in [3.8, 4) is 0 Å². The van der Waals surface area contributed by atoms with Gasteiger partial charge >= 0.3 is 0 Å². The average Bonchev–Trinajstić information content (AvgIpc) is 2.03. The van der Waals surface area contributed by atoms with E-state index < -0.39 is 11.5 Å². The number of halogens is 2. The normalized spacial score (nSPS) is 36.2. The highest BCUT2D eigenvalue weighted by Crippen LogP contribution is 2.36. The summed E-state index contributed by atoms with van der Waals surface area (Å²) in [5.41, 5.74) is -1.86. The van der Waals surface area contributed by atoms with Crippen molar-refractivity contribution in [1.82, 2.24) is 4.90 Å². The van der Waals surface area contributed by atoms with Gasteiger partial charge in [-0.15, -0.1) is 0 Å². The van der Waals surface area contributed by atoms with Crippen LogP contribution in [0.2, 0.25) is 0 Å². The number of nitrogens with zero attached hydrogens (tertiary/aromatic N) is 1. The summed E-state index contributed by atoms with van der Waals surface area (Å²) in [5, 5.41) is 9.35. The SMILES string of the molecule is CC(C)N1CC(C)(O)C(F)(F)C1. The molecule has 1 heterocycles. The molecule has 0 saturated carbocycles. The predicted octanol–water partition coefficient (Wildman–Crippen LogP) is 1.10. The summed E-state index contributed by atoms with van der Waals surface area (Å²) >= 11 is 0. The van der Waals surface area contributed by atoms with Gasteiger partial charge < -0.3 is 5.11 Å². The minimum Gasteiger partial charge on any atom is -0.382 e. The number of likely N-dealkylation sites (tertiary alicyclic amines) is 1. The third kappa shape index (κ3) is 1.45. The molecule has 0 radical (unpaired) electrons. The van der Waals surface area contributed by atoms with Crippen molar-refractivity contribution in [3.05, 3.63) is 0 Å². The second-order valence-corrected chi connectivity index (χ2v) is 3.98. The van der Waals surface area contributed by atoms with Gasteiger partial charge in [0.05, 0.1) is 6.54 Å². The van der Waals surface area contributed by atoms with Crippen molar-refractivity contribution < 1.29 is 13.9 Å². The standard InChI is InChI=1S/C8H15F2NO/c1-6(2)11-4-7(3,12)8(9,10)5-11/h6,12H,4-5H2,1-3H3. The van der Waals surface area contributed by atoms with Crippen LogP contribution in [0.3, 0.4) is 0 Å². The highest BCUT2D eigenvalue weighted by atomic mass is 19.3. The highest BCUT2D eigenvalue weighted by molar-refractivity contribution is 5.01. The summed E-state index contributed by atoms with van der Waals surface area (Å²) < 4.78 is 26.1. The van der Waals surface area contributed by atoms with Gasteiger partial charge in [-0.1, -0.05) is 0 Å². The molecule has 1 saturated heterocycles. The van der Waals surface area contributed by atoms with Gasteiger partial charge in [0.15, 0.2) is 0 Å². The molecule has 0 aliphatic carbocycles. The third-order valence-electron chi connectivity index (χ3n) is 2.43. The van der Waals surface area contributed by atoms with Gasteiger partial charge in [0.25, 0.3) is 5.92 Å². The number of alkyl halides is 2. The Morgan fingerprint density at radius 2 is 1.83 bits per heavy atom. The van der Waals surface area contributed by atoms with Gasteiger partial charge in [0.2, 0.25) is 0 Å². The average molecular weight is 179 g/mol. The fraction of sp³-hybridized carbons (Fsp3) is 1.00. The number of rotatable bonds is 1. The summed E-state index contributed by atoms with van der Waals surface area (Å²) in [7, 11) is 0. The van der Waals surface area contributed by atoms with Crippen molar-refractivity contribution >= 4 is 0 Å². The zero-order chi connectivity index (χ0) is 9.57. The van der Waals surface area contributed by atoms with E-state index >= 15 is 0 Å². The van der Waals surface area contributed by atoms with E-state index in [0.717, 1.165) is 0 Å². The summed E-state index contributed by atoms with van der Waals surface area (Å²) in [5.74, 6) is -2.97. The van der Waals surface area contributed by atoms with Crippen LogP contribution in [0.5, 0.6) is 0 Å². The lowest BCUT2D eigenvalue weighted by Crippen LogP contribution is -2.43. The Hall–Kier alpha value is -0.220. The summed E-state index contributed by atoms with van der Waals surface area (Å²) in [4.78, 5) is 1.58. The molecule has 1 aliphatic rings. The molecule has 0 amide bonds. The smallest absolute Gasteiger partial charge is 0.289 e. The summed E-state index contributed by atoms with van der Waals surface area (Å²) in [6.45, 7) is 4.60. The fourth-order valence-electron chi connectivity index (χ4n) is 1.36. The van der Waals surface area contributed by atoms with Crippen LogP contribution in [0.15, 0.2) is 0 Å². The van der Waals surface area contributed by atoms with E-state index in [1.807, 2.05) is 13.8 Å². The first-order valence-corrected chi connectivity index (χ1v) is 4.10. The van der Waals surface area contributed by atoms with Crippen molar-refractivity contribution in [1.29, 1.82) is 0 Å². The van der Waals surface area contributed by atoms with E-state index in [2.05, 4.69) is 0 Å². The van der Waals surface area contributed by atoms with E-state index in [1.165, 1.54) is 6.92 Å². The van der Waals surface area contributed by atoms with Gasteiger partial charge in [-0.05, 0) is 20.8 Å². The molecule has 0 aromatic heterocycles. The molecule has 0 spiro atoms. The van der Waals surface area contributed by atoms with Crippen LogP contribution in [0.1, 0.15) is 20.8 Å². The largest absolute Gasteiger partial charge is 0.382 e. The van der Waals surface area contributed by atoms with Gasteiger partial charge in [-0.3, -0.25) is 4.90 Å². The zero-order valence-corrected chi connectivity index (χ0v) is 7.64.